The van der Waals surface area contributed by atoms with Gasteiger partial charge in [0.2, 0.25) is 0 Å². The van der Waals surface area contributed by atoms with E-state index in [1.165, 1.54) is 12.1 Å². The molecule has 9 heteroatoms. The van der Waals surface area contributed by atoms with E-state index in [1.807, 2.05) is 47.3 Å². The maximum absolute atomic E-state index is 12.8. The summed E-state index contributed by atoms with van der Waals surface area (Å²) in [5.41, 5.74) is 1.11. The van der Waals surface area contributed by atoms with Crippen molar-refractivity contribution in [3.8, 4) is 11.4 Å². The molecule has 1 aliphatic heterocycles. The molecule has 4 aromatic rings. The van der Waals surface area contributed by atoms with Crippen LogP contribution in [0.4, 0.5) is 13.2 Å². The molecular weight excluding hydrogens is 481 g/mol. The maximum atomic E-state index is 12.8. The average molecular weight is 509 g/mol. The number of carbonyl (C=O) groups excluding carboxylic acids is 1. The van der Waals surface area contributed by atoms with Gasteiger partial charge in [-0.2, -0.15) is 13.2 Å². The number of halogens is 3. The van der Waals surface area contributed by atoms with Crippen molar-refractivity contribution in [3.63, 3.8) is 0 Å². The number of nitrogens with zero attached hydrogens (tertiary/aromatic N) is 3. The van der Waals surface area contributed by atoms with Crippen LogP contribution in [-0.4, -0.2) is 46.1 Å². The lowest BCUT2D eigenvalue weighted by molar-refractivity contribution is -0.137. The Morgan fingerprint density at radius 3 is 2.59 bits per heavy atom. The molecule has 0 saturated carbocycles. The van der Waals surface area contributed by atoms with Gasteiger partial charge in [-0.15, -0.1) is 0 Å². The zero-order valence-electron chi connectivity index (χ0n) is 20.1. The number of nitrogens with one attached hydrogen (secondary N) is 1. The van der Waals surface area contributed by atoms with E-state index in [0.717, 1.165) is 60.9 Å². The molecule has 5 rings (SSSR count). The largest absolute Gasteiger partial charge is 0.483 e. The van der Waals surface area contributed by atoms with Crippen LogP contribution in [-0.2, 0) is 17.5 Å². The topological polar surface area (TPSA) is 59.4 Å². The van der Waals surface area contributed by atoms with Crippen LogP contribution in [0.5, 0.6) is 5.75 Å². The minimum atomic E-state index is -4.34. The molecule has 37 heavy (non-hydrogen) atoms. The predicted octanol–water partition coefficient (Wildman–Crippen LogP) is 5.20. The van der Waals surface area contributed by atoms with E-state index < -0.39 is 11.7 Å². The van der Waals surface area contributed by atoms with Crippen LogP contribution >= 0.6 is 0 Å². The lowest BCUT2D eigenvalue weighted by atomic mass is 10.0. The number of benzene rings is 2. The van der Waals surface area contributed by atoms with E-state index in [2.05, 4.69) is 15.2 Å². The van der Waals surface area contributed by atoms with Gasteiger partial charge in [-0.3, -0.25) is 14.7 Å². The SMILES string of the molecule is O=C(COc1cccc2cnccc12)NC1CCN(Cc2ccn(-c3ccc(C(F)(F)F)cc3)c2)CC1. The number of fused-ring (bicyclic) bond motifs is 1. The third kappa shape index (κ3) is 6.11. The van der Waals surface area contributed by atoms with Gasteiger partial charge >= 0.3 is 6.18 Å². The highest BCUT2D eigenvalue weighted by Crippen LogP contribution is 2.30. The predicted molar refractivity (Wildman–Crippen MR) is 134 cm³/mol. The first-order valence-corrected chi connectivity index (χ1v) is 12.2. The monoisotopic (exact) mass is 508 g/mol. The summed E-state index contributed by atoms with van der Waals surface area (Å²) in [6.45, 7) is 2.38. The normalized spacial score (nSPS) is 15.1. The van der Waals surface area contributed by atoms with Crippen LogP contribution in [0.25, 0.3) is 16.5 Å². The summed E-state index contributed by atoms with van der Waals surface area (Å²) >= 11 is 0. The van der Waals surface area contributed by atoms with Crippen LogP contribution in [0.15, 0.2) is 79.4 Å². The highest BCUT2D eigenvalue weighted by molar-refractivity contribution is 5.88. The molecule has 0 aliphatic carbocycles. The molecule has 0 atom stereocenters. The fraction of sp³-hybridized carbons (Fsp3) is 0.286. The van der Waals surface area contributed by atoms with Gasteiger partial charge in [-0.1, -0.05) is 12.1 Å². The number of piperidine rings is 1. The highest BCUT2D eigenvalue weighted by Gasteiger charge is 2.30. The lowest BCUT2D eigenvalue weighted by Crippen LogP contribution is -2.45. The van der Waals surface area contributed by atoms with Crippen molar-refractivity contribution in [2.45, 2.75) is 31.6 Å². The Bertz CT molecular complexity index is 1350. The molecule has 3 heterocycles. The van der Waals surface area contributed by atoms with E-state index in [4.69, 9.17) is 4.74 Å². The Morgan fingerprint density at radius 1 is 1.05 bits per heavy atom. The fourth-order valence-corrected chi connectivity index (χ4v) is 4.64. The second-order valence-electron chi connectivity index (χ2n) is 9.23. The molecule has 2 aromatic heterocycles. The Balaban J connectivity index is 1.08. The smallest absolute Gasteiger partial charge is 0.416 e. The zero-order chi connectivity index (χ0) is 25.8. The second-order valence-corrected chi connectivity index (χ2v) is 9.23. The van der Waals surface area contributed by atoms with Crippen molar-refractivity contribution in [1.29, 1.82) is 0 Å². The number of aromatic nitrogens is 2. The van der Waals surface area contributed by atoms with Crippen molar-refractivity contribution in [1.82, 2.24) is 19.8 Å². The lowest BCUT2D eigenvalue weighted by Gasteiger charge is -2.32. The highest BCUT2D eigenvalue weighted by atomic mass is 19.4. The standard InChI is InChI=1S/C28H27F3N4O2/c29-28(30,31)22-4-6-24(7-5-22)35-15-9-20(18-35)17-34-13-10-23(11-14-34)33-27(36)19-37-26-3-1-2-21-16-32-12-8-25(21)26/h1-9,12,15-16,18,23H,10-11,13-14,17,19H2,(H,33,36). The summed E-state index contributed by atoms with van der Waals surface area (Å²) in [6, 6.07) is 14.8. The molecule has 1 N–H and O–H groups in total. The van der Waals surface area contributed by atoms with Gasteiger partial charge in [-0.25, -0.2) is 0 Å². The zero-order valence-corrected chi connectivity index (χ0v) is 20.1. The molecular formula is C28H27F3N4O2. The van der Waals surface area contributed by atoms with Crippen LogP contribution < -0.4 is 10.1 Å². The first kappa shape index (κ1) is 24.8. The minimum absolute atomic E-state index is 0.0425. The molecule has 1 saturated heterocycles. The molecule has 1 fully saturated rings. The number of amides is 1. The van der Waals surface area contributed by atoms with Crippen molar-refractivity contribution < 1.29 is 22.7 Å². The van der Waals surface area contributed by atoms with Crippen LogP contribution in [0, 0.1) is 0 Å². The first-order valence-electron chi connectivity index (χ1n) is 12.2. The molecule has 1 amide bonds. The van der Waals surface area contributed by atoms with Crippen molar-refractivity contribution in [2.75, 3.05) is 19.7 Å². The Morgan fingerprint density at radius 2 is 1.84 bits per heavy atom. The van der Waals surface area contributed by atoms with Crippen molar-refractivity contribution >= 4 is 16.7 Å². The van der Waals surface area contributed by atoms with E-state index in [9.17, 15) is 18.0 Å². The second kappa shape index (κ2) is 10.6. The van der Waals surface area contributed by atoms with Gasteiger partial charge in [0.15, 0.2) is 6.61 Å². The Kier molecular flexibility index (Phi) is 7.14. The van der Waals surface area contributed by atoms with E-state index in [-0.39, 0.29) is 18.6 Å². The first-order chi connectivity index (χ1) is 17.8. The van der Waals surface area contributed by atoms with Crippen molar-refractivity contribution in [2.24, 2.45) is 0 Å². The summed E-state index contributed by atoms with van der Waals surface area (Å²) in [6.07, 6.45) is 4.60. The van der Waals surface area contributed by atoms with Crippen molar-refractivity contribution in [3.05, 3.63) is 90.5 Å². The number of hydrogen-bond acceptors (Lipinski definition) is 4. The van der Waals surface area contributed by atoms with E-state index in [1.54, 1.807) is 12.4 Å². The number of hydrogen-bond donors (Lipinski definition) is 1. The molecule has 0 unspecified atom stereocenters. The van der Waals surface area contributed by atoms with Gasteiger partial charge in [0, 0.05) is 66.9 Å². The van der Waals surface area contributed by atoms with Gasteiger partial charge in [0.25, 0.3) is 5.91 Å². The molecule has 6 nitrogen and oxygen atoms in total. The molecule has 2 aromatic carbocycles. The maximum Gasteiger partial charge on any atom is 0.416 e. The number of ether oxygens (including phenoxy) is 1. The van der Waals surface area contributed by atoms with Gasteiger partial charge in [0.05, 0.1) is 5.56 Å². The van der Waals surface area contributed by atoms with Gasteiger partial charge in [0.1, 0.15) is 5.75 Å². The number of likely N-dealkylation sites (tertiary alicyclic amines) is 1. The van der Waals surface area contributed by atoms with E-state index in [0.29, 0.717) is 11.4 Å². The minimum Gasteiger partial charge on any atom is -0.483 e. The molecule has 0 spiro atoms. The molecule has 1 aliphatic rings. The fourth-order valence-electron chi connectivity index (χ4n) is 4.64. The third-order valence-electron chi connectivity index (χ3n) is 6.61. The molecule has 0 radical (unpaired) electrons. The Hall–Kier alpha value is -3.85. The van der Waals surface area contributed by atoms with Gasteiger partial charge in [-0.05, 0) is 60.9 Å². The quantitative estimate of drug-likeness (QED) is 0.373. The summed E-state index contributed by atoms with van der Waals surface area (Å²) in [7, 11) is 0. The molecule has 0 bridgehead atoms. The molecule has 192 valence electrons. The summed E-state index contributed by atoms with van der Waals surface area (Å²) in [5.74, 6) is 0.520. The number of carbonyl (C=O) groups is 1. The summed E-state index contributed by atoms with van der Waals surface area (Å²) in [5, 5.41) is 4.96. The van der Waals surface area contributed by atoms with E-state index >= 15 is 0 Å². The summed E-state index contributed by atoms with van der Waals surface area (Å²) < 4.78 is 46.0. The number of rotatable bonds is 7. The summed E-state index contributed by atoms with van der Waals surface area (Å²) in [4.78, 5) is 18.9. The van der Waals surface area contributed by atoms with Crippen LogP contribution in [0.3, 0.4) is 0 Å². The van der Waals surface area contributed by atoms with Crippen LogP contribution in [0.1, 0.15) is 24.0 Å². The Labute approximate surface area is 212 Å². The number of pyridine rings is 1. The average Bonchev–Trinajstić information content (AvgIpc) is 3.36. The van der Waals surface area contributed by atoms with Crippen LogP contribution in [0.2, 0.25) is 0 Å². The number of alkyl halides is 3. The third-order valence-corrected chi connectivity index (χ3v) is 6.61. The van der Waals surface area contributed by atoms with Gasteiger partial charge < -0.3 is 14.6 Å².